The number of nitrogens with one attached hydrogen (secondary N) is 2. The third-order valence-electron chi connectivity index (χ3n) is 5.52. The van der Waals surface area contributed by atoms with Crippen LogP contribution in [0.4, 0.5) is 5.69 Å². The summed E-state index contributed by atoms with van der Waals surface area (Å²) in [6, 6.07) is 7.44. The Bertz CT molecular complexity index is 1210. The lowest BCUT2D eigenvalue weighted by atomic mass is 10.2. The van der Waals surface area contributed by atoms with Crippen LogP contribution >= 0.6 is 0 Å². The van der Waals surface area contributed by atoms with Gasteiger partial charge < -0.3 is 15.2 Å². The van der Waals surface area contributed by atoms with Crippen LogP contribution in [-0.2, 0) is 13.0 Å². The summed E-state index contributed by atoms with van der Waals surface area (Å²) in [5, 5.41) is 16.6. The van der Waals surface area contributed by atoms with Gasteiger partial charge in [-0.1, -0.05) is 6.92 Å². The molecular formula is C21H24N8O2. The Kier molecular flexibility index (Phi) is 5.68. The van der Waals surface area contributed by atoms with E-state index in [0.717, 1.165) is 37.6 Å². The van der Waals surface area contributed by atoms with Gasteiger partial charge in [0.2, 0.25) is 0 Å². The van der Waals surface area contributed by atoms with Gasteiger partial charge in [-0.3, -0.25) is 14.5 Å². The minimum absolute atomic E-state index is 0.0700. The number of hydrogen-bond donors (Lipinski definition) is 2. The number of fused-ring (bicyclic) bond motifs is 1. The first kappa shape index (κ1) is 20.6. The predicted octanol–water partition coefficient (Wildman–Crippen LogP) is 0.533. The van der Waals surface area contributed by atoms with Crippen molar-refractivity contribution in [1.82, 2.24) is 29.8 Å². The molecule has 0 aliphatic carbocycles. The lowest BCUT2D eigenvalue weighted by Gasteiger charge is -2.35. The van der Waals surface area contributed by atoms with Gasteiger partial charge in [0.15, 0.2) is 5.69 Å². The van der Waals surface area contributed by atoms with Crippen molar-refractivity contribution in [3.05, 3.63) is 57.4 Å². The fourth-order valence-electron chi connectivity index (χ4n) is 3.79. The van der Waals surface area contributed by atoms with Crippen LogP contribution in [0.3, 0.4) is 0 Å². The van der Waals surface area contributed by atoms with E-state index in [1.54, 1.807) is 22.8 Å². The van der Waals surface area contributed by atoms with E-state index >= 15 is 0 Å². The number of aromatic amines is 1. The van der Waals surface area contributed by atoms with Crippen LogP contribution in [0.15, 0.2) is 29.2 Å². The van der Waals surface area contributed by atoms with E-state index in [9.17, 15) is 14.9 Å². The Morgan fingerprint density at radius 1 is 1.29 bits per heavy atom. The summed E-state index contributed by atoms with van der Waals surface area (Å²) >= 11 is 0. The fraction of sp³-hybridized carbons (Fsp3) is 0.381. The molecule has 3 aromatic heterocycles. The number of rotatable bonds is 5. The van der Waals surface area contributed by atoms with Crippen LogP contribution in [0.5, 0.6) is 0 Å². The number of carbonyl (C=O) groups is 1. The second-order valence-electron chi connectivity index (χ2n) is 7.45. The molecule has 0 atom stereocenters. The molecular weight excluding hydrogens is 396 g/mol. The second kappa shape index (κ2) is 8.57. The number of nitriles is 1. The number of nitrogens with zero attached hydrogens (tertiary/aromatic N) is 6. The van der Waals surface area contributed by atoms with E-state index in [1.165, 1.54) is 7.05 Å². The molecule has 10 heteroatoms. The van der Waals surface area contributed by atoms with Crippen molar-refractivity contribution in [1.29, 1.82) is 5.26 Å². The quantitative estimate of drug-likeness (QED) is 0.617. The van der Waals surface area contributed by atoms with Gasteiger partial charge in [-0.2, -0.15) is 10.4 Å². The Morgan fingerprint density at radius 2 is 2.06 bits per heavy atom. The molecule has 0 spiro atoms. The standard InChI is InChI=1S/C21H24N8O2/c1-3-14-12-29-19(25-20(14)30)10-15(26-29)13-27-6-8-28(9-7-27)18-5-4-16(21(31)23-2)24-17(18)11-22/h4-5,10,12H,3,6-9,13H2,1-2H3,(H,23,31)(H,25,30). The van der Waals surface area contributed by atoms with Gasteiger partial charge in [0.25, 0.3) is 11.5 Å². The van der Waals surface area contributed by atoms with Gasteiger partial charge in [-0.05, 0) is 18.6 Å². The number of carbonyl (C=O) groups excluding carboxylic acids is 1. The van der Waals surface area contributed by atoms with E-state index in [1.807, 2.05) is 13.0 Å². The van der Waals surface area contributed by atoms with Crippen LogP contribution in [0.25, 0.3) is 5.65 Å². The second-order valence-corrected chi connectivity index (χ2v) is 7.45. The molecule has 3 aromatic rings. The summed E-state index contributed by atoms with van der Waals surface area (Å²) in [6.07, 6.45) is 2.44. The van der Waals surface area contributed by atoms with Crippen molar-refractivity contribution in [2.45, 2.75) is 19.9 Å². The van der Waals surface area contributed by atoms with E-state index in [-0.39, 0.29) is 22.9 Å². The van der Waals surface area contributed by atoms with Crippen molar-refractivity contribution in [3.63, 3.8) is 0 Å². The highest BCUT2D eigenvalue weighted by atomic mass is 16.1. The highest BCUT2D eigenvalue weighted by molar-refractivity contribution is 5.92. The molecule has 4 rings (SSSR count). The lowest BCUT2D eigenvalue weighted by molar-refractivity contribution is 0.0958. The topological polar surface area (TPSA) is 122 Å². The highest BCUT2D eigenvalue weighted by Gasteiger charge is 2.22. The molecule has 0 saturated carbocycles. The molecule has 1 saturated heterocycles. The van der Waals surface area contributed by atoms with E-state index in [4.69, 9.17) is 0 Å². The first-order valence-electron chi connectivity index (χ1n) is 10.2. The highest BCUT2D eigenvalue weighted by Crippen LogP contribution is 2.21. The monoisotopic (exact) mass is 420 g/mol. The summed E-state index contributed by atoms with van der Waals surface area (Å²) in [5.41, 5.74) is 3.46. The number of anilines is 1. The summed E-state index contributed by atoms with van der Waals surface area (Å²) in [5.74, 6) is -0.312. The van der Waals surface area contributed by atoms with Crippen LogP contribution in [0.2, 0.25) is 0 Å². The molecule has 31 heavy (non-hydrogen) atoms. The molecule has 0 aromatic carbocycles. The average molecular weight is 420 g/mol. The predicted molar refractivity (Wildman–Crippen MR) is 115 cm³/mol. The zero-order chi connectivity index (χ0) is 22.0. The Hall–Kier alpha value is -3.71. The number of hydrogen-bond acceptors (Lipinski definition) is 7. The van der Waals surface area contributed by atoms with Gasteiger partial charge in [0.05, 0.1) is 11.4 Å². The van der Waals surface area contributed by atoms with Crippen LogP contribution in [-0.4, -0.2) is 63.6 Å². The molecule has 160 valence electrons. The van der Waals surface area contributed by atoms with E-state index < -0.39 is 0 Å². The van der Waals surface area contributed by atoms with Gasteiger partial charge in [0.1, 0.15) is 17.4 Å². The minimum Gasteiger partial charge on any atom is -0.367 e. The van der Waals surface area contributed by atoms with Gasteiger partial charge in [-0.15, -0.1) is 0 Å². The smallest absolute Gasteiger partial charge is 0.269 e. The normalized spacial score (nSPS) is 14.5. The number of aromatic nitrogens is 4. The maximum Gasteiger partial charge on any atom is 0.269 e. The first-order valence-corrected chi connectivity index (χ1v) is 10.2. The molecule has 10 nitrogen and oxygen atoms in total. The maximum absolute atomic E-state index is 12.0. The molecule has 0 bridgehead atoms. The van der Waals surface area contributed by atoms with Crippen LogP contribution in [0.1, 0.15) is 34.4 Å². The van der Waals surface area contributed by atoms with E-state index in [0.29, 0.717) is 24.2 Å². The number of amides is 1. The van der Waals surface area contributed by atoms with Crippen molar-refractivity contribution < 1.29 is 4.79 Å². The summed E-state index contributed by atoms with van der Waals surface area (Å²) in [6.45, 7) is 5.69. The van der Waals surface area contributed by atoms with Gasteiger partial charge in [0, 0.05) is 57.6 Å². The maximum atomic E-state index is 12.0. The molecule has 1 amide bonds. The lowest BCUT2D eigenvalue weighted by Crippen LogP contribution is -2.46. The van der Waals surface area contributed by atoms with Crippen LogP contribution < -0.4 is 15.8 Å². The summed E-state index contributed by atoms with van der Waals surface area (Å²) in [4.78, 5) is 35.3. The van der Waals surface area contributed by atoms with Crippen LogP contribution in [0, 0.1) is 11.3 Å². The molecule has 4 heterocycles. The largest absolute Gasteiger partial charge is 0.367 e. The number of aryl methyl sites for hydroxylation is 1. The first-order chi connectivity index (χ1) is 15.0. The Morgan fingerprint density at radius 3 is 2.74 bits per heavy atom. The summed E-state index contributed by atoms with van der Waals surface area (Å²) in [7, 11) is 1.53. The van der Waals surface area contributed by atoms with E-state index in [2.05, 4.69) is 36.3 Å². The average Bonchev–Trinajstić information content (AvgIpc) is 3.18. The van der Waals surface area contributed by atoms with Crippen molar-refractivity contribution in [3.8, 4) is 6.07 Å². The molecule has 0 unspecified atom stereocenters. The fourth-order valence-corrected chi connectivity index (χ4v) is 3.79. The van der Waals surface area contributed by atoms with Gasteiger partial charge in [-0.25, -0.2) is 9.50 Å². The van der Waals surface area contributed by atoms with Gasteiger partial charge >= 0.3 is 0 Å². The Balaban J connectivity index is 1.43. The Labute approximate surface area is 179 Å². The zero-order valence-corrected chi connectivity index (χ0v) is 17.6. The number of pyridine rings is 1. The number of H-pyrrole nitrogens is 1. The van der Waals surface area contributed by atoms with Crippen molar-refractivity contribution >= 4 is 17.2 Å². The molecule has 2 N–H and O–H groups in total. The third-order valence-corrected chi connectivity index (χ3v) is 5.52. The number of piperazine rings is 1. The minimum atomic E-state index is -0.312. The zero-order valence-electron chi connectivity index (χ0n) is 17.6. The molecule has 0 radical (unpaired) electrons. The summed E-state index contributed by atoms with van der Waals surface area (Å²) < 4.78 is 1.73. The molecule has 1 aliphatic heterocycles. The third kappa shape index (κ3) is 4.13. The van der Waals surface area contributed by atoms with Crippen molar-refractivity contribution in [2.24, 2.45) is 0 Å². The molecule has 1 aliphatic rings. The SMILES string of the molecule is CCc1cn2nc(CN3CCN(c4ccc(C(=O)NC)nc4C#N)CC3)cc2[nH]c1=O. The molecule has 1 fully saturated rings. The van der Waals surface area contributed by atoms with Crippen molar-refractivity contribution in [2.75, 3.05) is 38.1 Å².